The first-order valence-corrected chi connectivity index (χ1v) is 7.92. The first kappa shape index (κ1) is 17.4. The molecule has 0 spiro atoms. The maximum Gasteiger partial charge on any atom is 0.251 e. The number of hydrogen-bond acceptors (Lipinski definition) is 5. The molecule has 1 amide bonds. The average Bonchev–Trinajstić information content (AvgIpc) is 2.92. The molecule has 6 heteroatoms. The van der Waals surface area contributed by atoms with Crippen molar-refractivity contribution in [3.63, 3.8) is 0 Å². The molecule has 2 N–H and O–H groups in total. The van der Waals surface area contributed by atoms with Crippen LogP contribution in [0.5, 0.6) is 0 Å². The van der Waals surface area contributed by atoms with Gasteiger partial charge in [-0.3, -0.25) is 4.79 Å². The lowest BCUT2D eigenvalue weighted by atomic mass is 10.1. The highest BCUT2D eigenvalue weighted by Crippen LogP contribution is 2.16. The minimum atomic E-state index is -0.724. The van der Waals surface area contributed by atoms with Gasteiger partial charge in [0.15, 0.2) is 0 Å². The Balaban J connectivity index is 1.92. The lowest BCUT2D eigenvalue weighted by Crippen LogP contribution is -2.46. The average molecular weight is 317 g/mol. The van der Waals surface area contributed by atoms with E-state index < -0.39 is 12.1 Å². The zero-order valence-corrected chi connectivity index (χ0v) is 13.5. The Labute approximate surface area is 136 Å². The van der Waals surface area contributed by atoms with E-state index in [1.165, 1.54) is 0 Å². The summed E-state index contributed by atoms with van der Waals surface area (Å²) in [5.74, 6) is -0.273. The largest absolute Gasteiger partial charge is 0.388 e. The molecule has 1 aliphatic rings. The van der Waals surface area contributed by atoms with Gasteiger partial charge in [-0.1, -0.05) is 13.8 Å². The van der Waals surface area contributed by atoms with E-state index in [9.17, 15) is 9.90 Å². The van der Waals surface area contributed by atoms with Crippen LogP contribution in [0.4, 0.5) is 0 Å². The lowest BCUT2D eigenvalue weighted by Gasteiger charge is -2.24. The summed E-state index contributed by atoms with van der Waals surface area (Å²) in [6, 6.07) is 7.99. The maximum atomic E-state index is 12.2. The number of nitriles is 1. The van der Waals surface area contributed by atoms with Crippen LogP contribution in [0.15, 0.2) is 24.3 Å². The molecule has 1 aromatic carbocycles. The van der Waals surface area contributed by atoms with Gasteiger partial charge in [-0.05, 0) is 37.4 Å². The van der Waals surface area contributed by atoms with Gasteiger partial charge in [0.05, 0.1) is 30.4 Å². The Morgan fingerprint density at radius 3 is 2.61 bits per heavy atom. The van der Waals surface area contributed by atoms with Gasteiger partial charge in [0.2, 0.25) is 0 Å². The number of likely N-dealkylation sites (N-methyl/N-ethyl adjacent to an activating group) is 1. The fraction of sp³-hybridized carbons (Fsp3) is 0.529. The number of rotatable bonds is 6. The Kier molecular flexibility index (Phi) is 6.11. The van der Waals surface area contributed by atoms with Crippen molar-refractivity contribution in [3.8, 4) is 6.07 Å². The van der Waals surface area contributed by atoms with Crippen LogP contribution in [0.1, 0.15) is 29.8 Å². The van der Waals surface area contributed by atoms with E-state index in [0.717, 1.165) is 13.1 Å². The second-order valence-electron chi connectivity index (χ2n) is 5.62. The van der Waals surface area contributed by atoms with Crippen molar-refractivity contribution in [2.45, 2.75) is 32.1 Å². The second-order valence-corrected chi connectivity index (χ2v) is 5.62. The normalized spacial score (nSPS) is 23.7. The lowest BCUT2D eigenvalue weighted by molar-refractivity contribution is 0.0171. The van der Waals surface area contributed by atoms with E-state index >= 15 is 0 Å². The monoisotopic (exact) mass is 317 g/mol. The summed E-state index contributed by atoms with van der Waals surface area (Å²) in [6.07, 6.45) is -1.01. The number of aliphatic hydroxyl groups is 1. The van der Waals surface area contributed by atoms with Crippen LogP contribution in [0.3, 0.4) is 0 Å². The van der Waals surface area contributed by atoms with Crippen LogP contribution in [-0.2, 0) is 4.74 Å². The molecule has 0 aliphatic carbocycles. The Morgan fingerprint density at radius 2 is 2.04 bits per heavy atom. The first-order valence-electron chi connectivity index (χ1n) is 7.92. The van der Waals surface area contributed by atoms with Gasteiger partial charge in [0, 0.05) is 12.1 Å². The highest BCUT2D eigenvalue weighted by molar-refractivity contribution is 5.94. The Hall–Kier alpha value is -1.94. The fourth-order valence-corrected chi connectivity index (χ4v) is 2.66. The van der Waals surface area contributed by atoms with E-state index in [1.807, 2.05) is 6.07 Å². The summed E-state index contributed by atoms with van der Waals surface area (Å²) in [6.45, 7) is 6.87. The standard InChI is InChI=1S/C17H23N3O3/c1-3-20(4-2)10-15-16(21)14(11-23-15)19-17(22)13-7-5-12(9-18)6-8-13/h5-8,14-16,21H,3-4,10-11H2,1-2H3,(H,19,22). The summed E-state index contributed by atoms with van der Waals surface area (Å²) < 4.78 is 5.64. The minimum absolute atomic E-state index is 0.273. The molecule has 3 unspecified atom stereocenters. The van der Waals surface area contributed by atoms with E-state index in [0.29, 0.717) is 24.3 Å². The van der Waals surface area contributed by atoms with Crippen molar-refractivity contribution < 1.29 is 14.6 Å². The van der Waals surface area contributed by atoms with E-state index in [2.05, 4.69) is 24.1 Å². The van der Waals surface area contributed by atoms with Gasteiger partial charge in [-0.15, -0.1) is 0 Å². The van der Waals surface area contributed by atoms with Gasteiger partial charge in [0.25, 0.3) is 5.91 Å². The van der Waals surface area contributed by atoms with E-state index in [-0.39, 0.29) is 12.0 Å². The fourth-order valence-electron chi connectivity index (χ4n) is 2.66. The molecule has 6 nitrogen and oxygen atoms in total. The smallest absolute Gasteiger partial charge is 0.251 e. The van der Waals surface area contributed by atoms with Crippen LogP contribution in [0.25, 0.3) is 0 Å². The zero-order valence-electron chi connectivity index (χ0n) is 13.5. The summed E-state index contributed by atoms with van der Waals surface area (Å²) in [5.41, 5.74) is 0.966. The number of benzene rings is 1. The topological polar surface area (TPSA) is 85.6 Å². The van der Waals surface area contributed by atoms with Crippen LogP contribution >= 0.6 is 0 Å². The third-order valence-electron chi connectivity index (χ3n) is 4.21. The van der Waals surface area contributed by atoms with Crippen molar-refractivity contribution in [2.24, 2.45) is 0 Å². The van der Waals surface area contributed by atoms with Crippen molar-refractivity contribution >= 4 is 5.91 Å². The van der Waals surface area contributed by atoms with Gasteiger partial charge in [-0.2, -0.15) is 5.26 Å². The number of amides is 1. The predicted octanol–water partition coefficient (Wildman–Crippen LogP) is 0.758. The molecular formula is C17H23N3O3. The van der Waals surface area contributed by atoms with E-state index in [1.54, 1.807) is 24.3 Å². The number of nitrogens with one attached hydrogen (secondary N) is 1. The summed E-state index contributed by atoms with van der Waals surface area (Å²) in [7, 11) is 0. The number of carbonyl (C=O) groups is 1. The molecule has 0 radical (unpaired) electrons. The minimum Gasteiger partial charge on any atom is -0.388 e. The number of ether oxygens (including phenoxy) is 1. The number of aliphatic hydroxyl groups excluding tert-OH is 1. The van der Waals surface area contributed by atoms with Crippen LogP contribution < -0.4 is 5.32 Å². The van der Waals surface area contributed by atoms with Crippen LogP contribution in [0.2, 0.25) is 0 Å². The number of carbonyl (C=O) groups excluding carboxylic acids is 1. The summed E-state index contributed by atoms with van der Waals surface area (Å²) in [5, 5.41) is 21.9. The quantitative estimate of drug-likeness (QED) is 0.809. The molecule has 1 aromatic rings. The molecule has 0 saturated carbocycles. The third-order valence-corrected chi connectivity index (χ3v) is 4.21. The van der Waals surface area contributed by atoms with Gasteiger partial charge in [0.1, 0.15) is 6.10 Å². The molecular weight excluding hydrogens is 294 g/mol. The summed E-state index contributed by atoms with van der Waals surface area (Å²) in [4.78, 5) is 14.4. The SMILES string of the molecule is CCN(CC)CC1OCC(NC(=O)c2ccc(C#N)cc2)C1O. The van der Waals surface area contributed by atoms with E-state index in [4.69, 9.17) is 10.00 Å². The van der Waals surface area contributed by atoms with Gasteiger partial charge >= 0.3 is 0 Å². The van der Waals surface area contributed by atoms with Crippen molar-refractivity contribution in [3.05, 3.63) is 35.4 Å². The second kappa shape index (κ2) is 8.06. The van der Waals surface area contributed by atoms with Crippen LogP contribution in [0, 0.1) is 11.3 Å². The molecule has 124 valence electrons. The molecule has 1 saturated heterocycles. The molecule has 0 aromatic heterocycles. The molecule has 0 bridgehead atoms. The Bertz CT molecular complexity index is 563. The van der Waals surface area contributed by atoms with Gasteiger partial charge < -0.3 is 20.1 Å². The number of nitrogens with zero attached hydrogens (tertiary/aromatic N) is 2. The van der Waals surface area contributed by atoms with Crippen molar-refractivity contribution in [1.29, 1.82) is 5.26 Å². The molecule has 2 rings (SSSR count). The predicted molar refractivity (Wildman–Crippen MR) is 85.9 cm³/mol. The van der Waals surface area contributed by atoms with Crippen molar-refractivity contribution in [1.82, 2.24) is 10.2 Å². The van der Waals surface area contributed by atoms with Crippen molar-refractivity contribution in [2.75, 3.05) is 26.2 Å². The maximum absolute atomic E-state index is 12.2. The molecule has 1 heterocycles. The highest BCUT2D eigenvalue weighted by Gasteiger charge is 2.37. The Morgan fingerprint density at radius 1 is 1.39 bits per heavy atom. The number of hydrogen-bond donors (Lipinski definition) is 2. The molecule has 3 atom stereocenters. The van der Waals surface area contributed by atoms with Gasteiger partial charge in [-0.25, -0.2) is 0 Å². The molecule has 1 aliphatic heterocycles. The molecule has 1 fully saturated rings. The molecule has 23 heavy (non-hydrogen) atoms. The van der Waals surface area contributed by atoms with Crippen LogP contribution in [-0.4, -0.2) is 60.4 Å². The first-order chi connectivity index (χ1) is 11.1. The zero-order chi connectivity index (χ0) is 16.8. The third kappa shape index (κ3) is 4.29. The summed E-state index contributed by atoms with van der Waals surface area (Å²) >= 11 is 0. The highest BCUT2D eigenvalue weighted by atomic mass is 16.5.